The minimum atomic E-state index is -0.975. The number of primary amides is 1. The molecule has 6 nitrogen and oxygen atoms in total. The fourth-order valence-electron chi connectivity index (χ4n) is 1.16. The summed E-state index contributed by atoms with van der Waals surface area (Å²) in [5.74, 6) is -1.51. The number of carboxylic acid groups (broad SMARTS) is 1. The number of aliphatic carboxylic acids is 1. The smallest absolute Gasteiger partial charge is 0.317 e. The predicted octanol–water partition coefficient (Wildman–Crippen LogP) is -0.327. The normalized spacial score (nSPS) is 11.8. The maximum absolute atomic E-state index is 10.7. The van der Waals surface area contributed by atoms with Crippen LogP contribution < -0.4 is 5.73 Å². The lowest BCUT2D eigenvalue weighted by atomic mass is 10.1. The molecule has 0 aromatic carbocycles. The molecule has 0 bridgehead atoms. The van der Waals surface area contributed by atoms with Gasteiger partial charge in [0.05, 0.1) is 18.7 Å². The maximum Gasteiger partial charge on any atom is 0.317 e. The Morgan fingerprint density at radius 1 is 1.38 bits per heavy atom. The van der Waals surface area contributed by atoms with Crippen LogP contribution in [0.15, 0.2) is 0 Å². The molecule has 0 fully saturated rings. The number of methoxy groups -OCH3 is 1. The zero-order chi connectivity index (χ0) is 12.8. The Morgan fingerprint density at radius 2 is 1.94 bits per heavy atom. The van der Waals surface area contributed by atoms with E-state index in [0.29, 0.717) is 13.0 Å². The van der Waals surface area contributed by atoms with Gasteiger partial charge in [-0.2, -0.15) is 0 Å². The molecule has 0 saturated carbocycles. The SMILES string of the molecule is COC(C)(C)CCN(CC(N)=O)CC(=O)O. The van der Waals surface area contributed by atoms with Gasteiger partial charge in [-0.15, -0.1) is 0 Å². The Hall–Kier alpha value is -1.14. The number of carbonyl (C=O) groups excluding carboxylic acids is 1. The fraction of sp³-hybridized carbons (Fsp3) is 0.800. The molecule has 0 saturated heterocycles. The van der Waals surface area contributed by atoms with Crippen molar-refractivity contribution >= 4 is 11.9 Å². The Labute approximate surface area is 95.4 Å². The van der Waals surface area contributed by atoms with Gasteiger partial charge in [-0.1, -0.05) is 0 Å². The number of rotatable bonds is 8. The quantitative estimate of drug-likeness (QED) is 0.598. The van der Waals surface area contributed by atoms with Gasteiger partial charge >= 0.3 is 5.97 Å². The third kappa shape index (κ3) is 7.19. The van der Waals surface area contributed by atoms with Gasteiger partial charge in [0.15, 0.2) is 0 Å². The molecule has 0 aliphatic carbocycles. The van der Waals surface area contributed by atoms with Gasteiger partial charge < -0.3 is 15.6 Å². The summed E-state index contributed by atoms with van der Waals surface area (Å²) in [6.07, 6.45) is 0.629. The zero-order valence-electron chi connectivity index (χ0n) is 10.0. The molecule has 94 valence electrons. The molecule has 0 radical (unpaired) electrons. The van der Waals surface area contributed by atoms with Crippen molar-refractivity contribution in [2.75, 3.05) is 26.7 Å². The van der Waals surface area contributed by atoms with Gasteiger partial charge in [-0.25, -0.2) is 0 Å². The molecule has 3 N–H and O–H groups in total. The molecular weight excluding hydrogens is 212 g/mol. The summed E-state index contributed by atoms with van der Waals surface area (Å²) in [5.41, 5.74) is 4.70. The molecule has 6 heteroatoms. The first-order chi connectivity index (χ1) is 7.26. The number of nitrogens with zero attached hydrogens (tertiary/aromatic N) is 1. The van der Waals surface area contributed by atoms with Crippen LogP contribution in [0.1, 0.15) is 20.3 Å². The molecule has 0 unspecified atom stereocenters. The van der Waals surface area contributed by atoms with Gasteiger partial charge in [0, 0.05) is 13.7 Å². The van der Waals surface area contributed by atoms with E-state index in [9.17, 15) is 9.59 Å². The highest BCUT2D eigenvalue weighted by molar-refractivity contribution is 5.77. The van der Waals surface area contributed by atoms with E-state index < -0.39 is 11.9 Å². The molecule has 0 aromatic rings. The van der Waals surface area contributed by atoms with E-state index in [1.807, 2.05) is 13.8 Å². The van der Waals surface area contributed by atoms with Gasteiger partial charge in [-0.3, -0.25) is 14.5 Å². The molecule has 0 spiro atoms. The Kier molecular flexibility index (Phi) is 5.98. The largest absolute Gasteiger partial charge is 0.480 e. The second-order valence-corrected chi connectivity index (χ2v) is 4.28. The van der Waals surface area contributed by atoms with Crippen LogP contribution in [-0.4, -0.2) is 54.2 Å². The standard InChI is InChI=1S/C10H20N2O4/c1-10(2,16-3)4-5-12(6-8(11)13)7-9(14)15/h4-7H2,1-3H3,(H2,11,13)(H,14,15). The molecule has 0 aromatic heterocycles. The summed E-state index contributed by atoms with van der Waals surface area (Å²) >= 11 is 0. The van der Waals surface area contributed by atoms with Crippen LogP contribution >= 0.6 is 0 Å². The van der Waals surface area contributed by atoms with Crippen molar-refractivity contribution in [2.24, 2.45) is 5.73 Å². The first kappa shape index (κ1) is 14.9. The molecule has 0 aliphatic heterocycles. The highest BCUT2D eigenvalue weighted by Gasteiger charge is 2.20. The summed E-state index contributed by atoms with van der Waals surface area (Å²) in [7, 11) is 1.59. The summed E-state index contributed by atoms with van der Waals surface area (Å²) in [5, 5.41) is 8.66. The Balaban J connectivity index is 4.20. The van der Waals surface area contributed by atoms with Crippen LogP contribution in [-0.2, 0) is 14.3 Å². The number of hydrogen-bond donors (Lipinski definition) is 2. The highest BCUT2D eigenvalue weighted by Crippen LogP contribution is 2.13. The number of amides is 1. The Bertz CT molecular complexity index is 237. The van der Waals surface area contributed by atoms with Crippen molar-refractivity contribution in [3.63, 3.8) is 0 Å². The van der Waals surface area contributed by atoms with Crippen LogP contribution in [0.5, 0.6) is 0 Å². The average molecular weight is 232 g/mol. The number of carbonyl (C=O) groups is 2. The minimum Gasteiger partial charge on any atom is -0.480 e. The van der Waals surface area contributed by atoms with Gasteiger partial charge in [0.2, 0.25) is 5.91 Å². The fourth-order valence-corrected chi connectivity index (χ4v) is 1.16. The van der Waals surface area contributed by atoms with Crippen LogP contribution in [0.3, 0.4) is 0 Å². The van der Waals surface area contributed by atoms with Gasteiger partial charge in [0.25, 0.3) is 0 Å². The molecule has 0 atom stereocenters. The number of hydrogen-bond acceptors (Lipinski definition) is 4. The van der Waals surface area contributed by atoms with E-state index in [1.54, 1.807) is 7.11 Å². The van der Waals surface area contributed by atoms with Crippen molar-refractivity contribution in [3.8, 4) is 0 Å². The number of ether oxygens (including phenoxy) is 1. The van der Waals surface area contributed by atoms with E-state index in [2.05, 4.69) is 0 Å². The van der Waals surface area contributed by atoms with Gasteiger partial charge in [-0.05, 0) is 20.3 Å². The number of nitrogens with two attached hydrogens (primary N) is 1. The summed E-state index contributed by atoms with van der Waals surface area (Å²) < 4.78 is 5.21. The topological polar surface area (TPSA) is 92.9 Å². The lowest BCUT2D eigenvalue weighted by molar-refractivity contribution is -0.138. The molecule has 0 heterocycles. The van der Waals surface area contributed by atoms with Crippen LogP contribution in [0.25, 0.3) is 0 Å². The second kappa shape index (κ2) is 6.44. The van der Waals surface area contributed by atoms with Crippen molar-refractivity contribution in [1.29, 1.82) is 0 Å². The van der Waals surface area contributed by atoms with Crippen molar-refractivity contribution < 1.29 is 19.4 Å². The predicted molar refractivity (Wildman–Crippen MR) is 59.0 cm³/mol. The van der Waals surface area contributed by atoms with Crippen molar-refractivity contribution in [3.05, 3.63) is 0 Å². The van der Waals surface area contributed by atoms with Crippen molar-refractivity contribution in [1.82, 2.24) is 4.90 Å². The monoisotopic (exact) mass is 232 g/mol. The maximum atomic E-state index is 10.7. The first-order valence-electron chi connectivity index (χ1n) is 5.04. The Morgan fingerprint density at radius 3 is 2.31 bits per heavy atom. The molecule has 0 aliphatic rings. The van der Waals surface area contributed by atoms with Crippen LogP contribution in [0, 0.1) is 0 Å². The summed E-state index contributed by atoms with van der Waals surface area (Å²) in [6.45, 7) is 4.01. The van der Waals surface area contributed by atoms with Crippen LogP contribution in [0.2, 0.25) is 0 Å². The molecular formula is C10H20N2O4. The van der Waals surface area contributed by atoms with E-state index in [1.165, 1.54) is 4.90 Å². The lowest BCUT2D eigenvalue weighted by Gasteiger charge is -2.26. The second-order valence-electron chi connectivity index (χ2n) is 4.28. The van der Waals surface area contributed by atoms with Crippen molar-refractivity contribution in [2.45, 2.75) is 25.9 Å². The van der Waals surface area contributed by atoms with E-state index in [4.69, 9.17) is 15.6 Å². The van der Waals surface area contributed by atoms with Gasteiger partial charge in [0.1, 0.15) is 0 Å². The highest BCUT2D eigenvalue weighted by atomic mass is 16.5. The van der Waals surface area contributed by atoms with Crippen LogP contribution in [0.4, 0.5) is 0 Å². The lowest BCUT2D eigenvalue weighted by Crippen LogP contribution is -2.40. The van der Waals surface area contributed by atoms with E-state index in [-0.39, 0.29) is 18.7 Å². The molecule has 16 heavy (non-hydrogen) atoms. The van der Waals surface area contributed by atoms with E-state index >= 15 is 0 Å². The minimum absolute atomic E-state index is 0.0495. The molecule has 1 amide bonds. The first-order valence-corrected chi connectivity index (χ1v) is 5.04. The molecule has 0 rings (SSSR count). The third-order valence-electron chi connectivity index (χ3n) is 2.32. The van der Waals surface area contributed by atoms with E-state index in [0.717, 1.165) is 0 Å². The average Bonchev–Trinajstić information content (AvgIpc) is 2.13. The third-order valence-corrected chi connectivity index (χ3v) is 2.32. The zero-order valence-corrected chi connectivity index (χ0v) is 10.0. The summed E-state index contributed by atoms with van der Waals surface area (Å²) in [4.78, 5) is 22.8. The summed E-state index contributed by atoms with van der Waals surface area (Å²) in [6, 6.07) is 0. The number of carboxylic acids is 1.